The summed E-state index contributed by atoms with van der Waals surface area (Å²) in [5, 5.41) is 7.97. The van der Waals surface area contributed by atoms with Gasteiger partial charge in [0.15, 0.2) is 5.96 Å². The van der Waals surface area contributed by atoms with Crippen LogP contribution in [0.3, 0.4) is 0 Å². The van der Waals surface area contributed by atoms with E-state index in [1.54, 1.807) is 6.92 Å². The number of amides is 3. The highest BCUT2D eigenvalue weighted by molar-refractivity contribution is 5.93. The number of hydrogen-bond donors (Lipinski definition) is 6. The molecule has 0 rings (SSSR count). The first-order valence-electron chi connectivity index (χ1n) is 11.1. The minimum atomic E-state index is -0.919. The normalized spacial score (nSPS) is 15.6. The molecule has 0 aromatic rings. The first kappa shape index (κ1) is 29.3. The molecule has 0 saturated heterocycles. The number of rotatable bonds is 15. The average molecular weight is 456 g/mol. The van der Waals surface area contributed by atoms with Crippen molar-refractivity contribution in [1.29, 1.82) is 0 Å². The summed E-state index contributed by atoms with van der Waals surface area (Å²) in [5.41, 5.74) is 16.6. The highest BCUT2D eigenvalue weighted by atomic mass is 16.2. The zero-order valence-corrected chi connectivity index (χ0v) is 19.9. The molecule has 0 saturated carbocycles. The summed E-state index contributed by atoms with van der Waals surface area (Å²) in [5.74, 6) is -1.47. The van der Waals surface area contributed by atoms with Crippen LogP contribution < -0.4 is 33.2 Å². The molecule has 0 aliphatic heterocycles. The van der Waals surface area contributed by atoms with Crippen LogP contribution in [0.1, 0.15) is 60.3 Å². The Labute approximate surface area is 190 Å². The van der Waals surface area contributed by atoms with Crippen LogP contribution in [-0.4, -0.2) is 60.7 Å². The molecular weight excluding hydrogens is 414 g/mol. The molecule has 0 unspecified atom stereocenters. The van der Waals surface area contributed by atoms with E-state index in [2.05, 4.69) is 20.9 Å². The number of nitrogens with two attached hydrogens (primary N) is 3. The van der Waals surface area contributed by atoms with Gasteiger partial charge in [-0.05, 0) is 38.0 Å². The Hall–Kier alpha value is -2.69. The lowest BCUT2D eigenvalue weighted by atomic mass is 9.97. The van der Waals surface area contributed by atoms with Crippen molar-refractivity contribution in [2.75, 3.05) is 6.54 Å². The molecule has 184 valence electrons. The molecule has 3 amide bonds. The van der Waals surface area contributed by atoms with Crippen LogP contribution in [0.4, 0.5) is 0 Å². The first-order chi connectivity index (χ1) is 14.9. The summed E-state index contributed by atoms with van der Waals surface area (Å²) >= 11 is 0. The van der Waals surface area contributed by atoms with Gasteiger partial charge in [0.05, 0.1) is 12.1 Å². The second kappa shape index (κ2) is 15.2. The molecule has 0 radical (unpaired) electrons. The van der Waals surface area contributed by atoms with E-state index in [9.17, 15) is 19.2 Å². The predicted octanol–water partition coefficient (Wildman–Crippen LogP) is -0.867. The van der Waals surface area contributed by atoms with Gasteiger partial charge in [0.1, 0.15) is 18.4 Å². The third-order valence-corrected chi connectivity index (χ3v) is 5.01. The summed E-state index contributed by atoms with van der Waals surface area (Å²) in [6.07, 6.45) is 2.38. The quantitative estimate of drug-likeness (QED) is 0.0798. The van der Waals surface area contributed by atoms with Crippen molar-refractivity contribution in [1.82, 2.24) is 16.0 Å². The van der Waals surface area contributed by atoms with E-state index in [0.717, 1.165) is 0 Å². The Morgan fingerprint density at radius 2 is 1.59 bits per heavy atom. The molecule has 0 fully saturated rings. The van der Waals surface area contributed by atoms with Gasteiger partial charge in [0.2, 0.25) is 17.7 Å². The summed E-state index contributed by atoms with van der Waals surface area (Å²) in [6, 6.07) is -3.23. The van der Waals surface area contributed by atoms with Gasteiger partial charge in [-0.25, -0.2) is 0 Å². The molecule has 0 bridgehead atoms. The van der Waals surface area contributed by atoms with Crippen molar-refractivity contribution in [3.8, 4) is 0 Å². The lowest BCUT2D eigenvalue weighted by Crippen LogP contribution is -2.58. The summed E-state index contributed by atoms with van der Waals surface area (Å²) in [4.78, 5) is 53.0. The maximum Gasteiger partial charge on any atom is 0.243 e. The van der Waals surface area contributed by atoms with E-state index < -0.39 is 41.9 Å². The van der Waals surface area contributed by atoms with Crippen molar-refractivity contribution in [2.45, 2.75) is 84.5 Å². The summed E-state index contributed by atoms with van der Waals surface area (Å²) < 4.78 is 0. The van der Waals surface area contributed by atoms with Crippen LogP contribution in [-0.2, 0) is 19.2 Å². The fraction of sp³-hybridized carbons (Fsp3) is 0.762. The number of guanidine groups is 1. The average Bonchev–Trinajstić information content (AvgIpc) is 2.72. The largest absolute Gasteiger partial charge is 0.370 e. The van der Waals surface area contributed by atoms with E-state index >= 15 is 0 Å². The molecule has 11 heteroatoms. The highest BCUT2D eigenvalue weighted by Crippen LogP contribution is 2.10. The standard InChI is InChI=1S/C21H41N7O4/c1-6-13(4)17(20(32)26-14(5)11-29)28-19(31)16(8-7-9-25-21(23)24)27-18(30)15(22)10-12(2)3/h11-17H,6-10,22H2,1-5H3,(H,26,32)(H,27,30)(H,28,31)(H4,23,24,25)/t13-,14-,15-,16-,17-/m0/s1. The van der Waals surface area contributed by atoms with E-state index in [4.69, 9.17) is 17.2 Å². The Morgan fingerprint density at radius 1 is 0.969 bits per heavy atom. The molecule has 32 heavy (non-hydrogen) atoms. The van der Waals surface area contributed by atoms with Crippen molar-refractivity contribution >= 4 is 30.0 Å². The third kappa shape index (κ3) is 11.6. The fourth-order valence-electron chi connectivity index (χ4n) is 2.97. The molecule has 0 aromatic heterocycles. The van der Waals surface area contributed by atoms with Crippen LogP contribution in [0.2, 0.25) is 0 Å². The van der Waals surface area contributed by atoms with Crippen molar-refractivity contribution in [2.24, 2.45) is 34.0 Å². The zero-order chi connectivity index (χ0) is 24.8. The monoisotopic (exact) mass is 455 g/mol. The summed E-state index contributed by atoms with van der Waals surface area (Å²) in [7, 11) is 0. The van der Waals surface area contributed by atoms with Gasteiger partial charge < -0.3 is 37.9 Å². The number of nitrogens with one attached hydrogen (secondary N) is 3. The zero-order valence-electron chi connectivity index (χ0n) is 19.9. The van der Waals surface area contributed by atoms with E-state index in [0.29, 0.717) is 25.5 Å². The smallest absolute Gasteiger partial charge is 0.243 e. The van der Waals surface area contributed by atoms with Crippen molar-refractivity contribution in [3.05, 3.63) is 0 Å². The number of carbonyl (C=O) groups excluding carboxylic acids is 4. The maximum atomic E-state index is 13.0. The van der Waals surface area contributed by atoms with Crippen LogP contribution >= 0.6 is 0 Å². The van der Waals surface area contributed by atoms with Gasteiger partial charge in [-0.2, -0.15) is 0 Å². The second-order valence-electron chi connectivity index (χ2n) is 8.55. The van der Waals surface area contributed by atoms with E-state index in [1.807, 2.05) is 27.7 Å². The number of hydrogen-bond acceptors (Lipinski definition) is 6. The van der Waals surface area contributed by atoms with Crippen molar-refractivity contribution < 1.29 is 19.2 Å². The van der Waals surface area contributed by atoms with Gasteiger partial charge in [0, 0.05) is 6.54 Å². The Kier molecular flexibility index (Phi) is 13.9. The minimum absolute atomic E-state index is 0.0632. The maximum absolute atomic E-state index is 13.0. The van der Waals surface area contributed by atoms with Crippen LogP contribution in [0, 0.1) is 11.8 Å². The number of aldehydes is 1. The molecule has 0 aliphatic rings. The molecule has 9 N–H and O–H groups in total. The van der Waals surface area contributed by atoms with Gasteiger partial charge in [0.25, 0.3) is 0 Å². The molecule has 11 nitrogen and oxygen atoms in total. The lowest BCUT2D eigenvalue weighted by Gasteiger charge is -2.27. The van der Waals surface area contributed by atoms with Crippen molar-refractivity contribution in [3.63, 3.8) is 0 Å². The third-order valence-electron chi connectivity index (χ3n) is 5.01. The van der Waals surface area contributed by atoms with Crippen LogP contribution in [0.25, 0.3) is 0 Å². The molecule has 0 heterocycles. The topological polar surface area (TPSA) is 195 Å². The Balaban J connectivity index is 5.45. The van der Waals surface area contributed by atoms with Gasteiger partial charge in [-0.15, -0.1) is 0 Å². The van der Waals surface area contributed by atoms with Gasteiger partial charge in [-0.3, -0.25) is 19.4 Å². The highest BCUT2D eigenvalue weighted by Gasteiger charge is 2.31. The molecule has 0 aliphatic carbocycles. The van der Waals surface area contributed by atoms with Gasteiger partial charge >= 0.3 is 0 Å². The fourth-order valence-corrected chi connectivity index (χ4v) is 2.97. The molecular formula is C21H41N7O4. The van der Waals surface area contributed by atoms with Crippen LogP contribution in [0.15, 0.2) is 4.99 Å². The van der Waals surface area contributed by atoms with E-state index in [-0.39, 0.29) is 30.8 Å². The number of carbonyl (C=O) groups is 4. The predicted molar refractivity (Wildman–Crippen MR) is 124 cm³/mol. The summed E-state index contributed by atoms with van der Waals surface area (Å²) in [6.45, 7) is 9.43. The second-order valence-corrected chi connectivity index (χ2v) is 8.55. The van der Waals surface area contributed by atoms with Gasteiger partial charge in [-0.1, -0.05) is 34.1 Å². The lowest BCUT2D eigenvalue weighted by molar-refractivity contribution is -0.134. The number of aliphatic imine (C=N–C) groups is 1. The Morgan fingerprint density at radius 3 is 2.09 bits per heavy atom. The molecule has 0 spiro atoms. The SMILES string of the molecule is CC[C@H](C)[C@H](NC(=O)[C@H](CCCN=C(N)N)NC(=O)[C@@H](N)CC(C)C)C(=O)N[C@@H](C)C=O. The minimum Gasteiger partial charge on any atom is -0.370 e. The van der Waals surface area contributed by atoms with Crippen LogP contribution in [0.5, 0.6) is 0 Å². The molecule has 5 atom stereocenters. The Bertz CT molecular complexity index is 650. The first-order valence-corrected chi connectivity index (χ1v) is 11.1. The molecule has 0 aromatic carbocycles. The van der Waals surface area contributed by atoms with E-state index in [1.165, 1.54) is 0 Å². The number of nitrogens with zero attached hydrogens (tertiary/aromatic N) is 1.